The van der Waals surface area contributed by atoms with E-state index < -0.39 is 41.0 Å². The predicted molar refractivity (Wildman–Crippen MR) is 143 cm³/mol. The number of para-hydroxylation sites is 1. The summed E-state index contributed by atoms with van der Waals surface area (Å²) in [7, 11) is 0. The first-order chi connectivity index (χ1) is 20.0. The number of fused-ring (bicyclic) bond motifs is 2. The highest BCUT2D eigenvalue weighted by molar-refractivity contribution is 5.95. The highest BCUT2D eigenvalue weighted by Gasteiger charge is 2.41. The molecule has 2 aromatic heterocycles. The Balaban J connectivity index is 1.38. The molecular weight excluding hydrogens is 560 g/mol. The van der Waals surface area contributed by atoms with E-state index in [1.54, 1.807) is 12.4 Å². The van der Waals surface area contributed by atoms with E-state index in [1.165, 1.54) is 11.2 Å². The topological polar surface area (TPSA) is 65.1 Å². The maximum atomic E-state index is 13.9. The van der Waals surface area contributed by atoms with Gasteiger partial charge in [-0.05, 0) is 54.7 Å². The second-order valence-electron chi connectivity index (χ2n) is 10.6. The fourth-order valence-corrected chi connectivity index (χ4v) is 5.88. The van der Waals surface area contributed by atoms with E-state index in [9.17, 15) is 31.1 Å². The van der Waals surface area contributed by atoms with Crippen LogP contribution < -0.4 is 0 Å². The lowest BCUT2D eigenvalue weighted by molar-refractivity contribution is -0.143. The van der Waals surface area contributed by atoms with Gasteiger partial charge in [-0.2, -0.15) is 26.3 Å². The minimum absolute atomic E-state index is 0.0406. The molecule has 0 aliphatic carbocycles. The van der Waals surface area contributed by atoms with Crippen molar-refractivity contribution in [3.05, 3.63) is 101 Å². The van der Waals surface area contributed by atoms with E-state index in [-0.39, 0.29) is 18.7 Å². The number of nitrogens with zero attached hydrogens (tertiary/aromatic N) is 4. The molecule has 12 heteroatoms. The maximum Gasteiger partial charge on any atom is 0.416 e. The molecule has 0 spiro atoms. The largest absolute Gasteiger partial charge is 0.416 e. The highest BCUT2D eigenvalue weighted by atomic mass is 19.4. The van der Waals surface area contributed by atoms with Crippen molar-refractivity contribution in [2.45, 2.75) is 43.7 Å². The van der Waals surface area contributed by atoms with E-state index >= 15 is 0 Å². The van der Waals surface area contributed by atoms with Gasteiger partial charge in [0.15, 0.2) is 0 Å². The molecule has 4 heterocycles. The van der Waals surface area contributed by atoms with Crippen LogP contribution >= 0.6 is 0 Å². The summed E-state index contributed by atoms with van der Waals surface area (Å²) < 4.78 is 81.6. The molecule has 4 aromatic rings. The lowest BCUT2D eigenvalue weighted by Gasteiger charge is -2.48. The predicted octanol–water partition coefficient (Wildman–Crippen LogP) is 6.57. The van der Waals surface area contributed by atoms with E-state index in [4.69, 9.17) is 0 Å². The Morgan fingerprint density at radius 1 is 0.952 bits per heavy atom. The number of aromatic nitrogens is 3. The van der Waals surface area contributed by atoms with E-state index in [0.29, 0.717) is 37.9 Å². The van der Waals surface area contributed by atoms with Crippen LogP contribution in [0.5, 0.6) is 0 Å². The highest BCUT2D eigenvalue weighted by Crippen LogP contribution is 2.38. The van der Waals surface area contributed by atoms with Crippen LogP contribution in [-0.4, -0.2) is 55.8 Å². The quantitative estimate of drug-likeness (QED) is 0.275. The number of amides is 1. The third-order valence-corrected chi connectivity index (χ3v) is 7.96. The average Bonchev–Trinajstić information content (AvgIpc) is 3.38. The normalized spacial score (nSPS) is 19.5. The van der Waals surface area contributed by atoms with Gasteiger partial charge in [0.2, 0.25) is 0 Å². The Labute approximate surface area is 236 Å². The smallest absolute Gasteiger partial charge is 0.370 e. The Hall–Kier alpha value is -4.35. The summed E-state index contributed by atoms with van der Waals surface area (Å²) >= 11 is 0. The molecule has 2 aliphatic heterocycles. The fraction of sp³-hybridized carbons (Fsp3) is 0.300. The first kappa shape index (κ1) is 27.8. The minimum atomic E-state index is -5.05. The van der Waals surface area contributed by atoms with Crippen molar-refractivity contribution in [3.63, 3.8) is 0 Å². The Kier molecular flexibility index (Phi) is 6.94. The van der Waals surface area contributed by atoms with Gasteiger partial charge in [0, 0.05) is 66.0 Å². The number of benzene rings is 2. The van der Waals surface area contributed by atoms with Crippen molar-refractivity contribution in [2.24, 2.45) is 0 Å². The number of alkyl halides is 6. The van der Waals surface area contributed by atoms with Crippen molar-refractivity contribution < 1.29 is 31.1 Å². The molecule has 2 unspecified atom stereocenters. The van der Waals surface area contributed by atoms with Crippen LogP contribution in [0.15, 0.2) is 73.6 Å². The fourth-order valence-electron chi connectivity index (χ4n) is 5.88. The molecule has 0 bridgehead atoms. The first-order valence-corrected chi connectivity index (χ1v) is 13.3. The van der Waals surface area contributed by atoms with Crippen molar-refractivity contribution in [2.75, 3.05) is 13.1 Å². The van der Waals surface area contributed by atoms with Crippen molar-refractivity contribution in [1.29, 1.82) is 0 Å². The van der Waals surface area contributed by atoms with Crippen LogP contribution in [0.2, 0.25) is 0 Å². The van der Waals surface area contributed by atoms with E-state index in [2.05, 4.69) is 19.9 Å². The molecule has 2 atom stereocenters. The van der Waals surface area contributed by atoms with Crippen LogP contribution in [-0.2, 0) is 18.8 Å². The van der Waals surface area contributed by atoms with Crippen LogP contribution in [0.4, 0.5) is 26.3 Å². The molecule has 1 saturated heterocycles. The molecule has 0 radical (unpaired) electrons. The number of nitrogens with one attached hydrogen (secondary N) is 1. The van der Waals surface area contributed by atoms with Crippen molar-refractivity contribution in [3.8, 4) is 0 Å². The van der Waals surface area contributed by atoms with Gasteiger partial charge in [0.1, 0.15) is 6.33 Å². The Bertz CT molecular complexity index is 1610. The third-order valence-electron chi connectivity index (χ3n) is 7.96. The summed E-state index contributed by atoms with van der Waals surface area (Å²) in [4.78, 5) is 28.8. The SMILES string of the molecule is O=C(c1cc(C(F)(F)F)cc(C(F)(F)F)c1)N1CC2CCC(c3cncnc3)=CN2CC1Cc1c[nH]c2ccccc12. The zero-order chi connectivity index (χ0) is 29.6. The maximum absolute atomic E-state index is 13.9. The van der Waals surface area contributed by atoms with Crippen molar-refractivity contribution in [1.82, 2.24) is 24.8 Å². The first-order valence-electron chi connectivity index (χ1n) is 13.3. The summed E-state index contributed by atoms with van der Waals surface area (Å²) in [5.74, 6) is -0.859. The van der Waals surface area contributed by atoms with Gasteiger partial charge in [-0.25, -0.2) is 9.97 Å². The molecule has 2 aliphatic rings. The number of halogens is 6. The lowest BCUT2D eigenvalue weighted by atomic mass is 9.91. The number of piperazine rings is 1. The number of carbonyl (C=O) groups is 1. The zero-order valence-electron chi connectivity index (χ0n) is 22.1. The van der Waals surface area contributed by atoms with Gasteiger partial charge in [0.05, 0.1) is 17.2 Å². The monoisotopic (exact) mass is 585 g/mol. The third kappa shape index (κ3) is 5.45. The summed E-state index contributed by atoms with van der Waals surface area (Å²) in [5.41, 5.74) is 0.00519. The van der Waals surface area contributed by atoms with Gasteiger partial charge in [0.25, 0.3) is 5.91 Å². The second kappa shape index (κ2) is 10.5. The second-order valence-corrected chi connectivity index (χ2v) is 10.6. The summed E-state index contributed by atoms with van der Waals surface area (Å²) in [6.07, 6.45) is 0.243. The molecule has 6 nitrogen and oxygen atoms in total. The van der Waals surface area contributed by atoms with Gasteiger partial charge in [-0.1, -0.05) is 18.2 Å². The van der Waals surface area contributed by atoms with Gasteiger partial charge < -0.3 is 14.8 Å². The number of allylic oxidation sites excluding steroid dienone is 1. The summed E-state index contributed by atoms with van der Waals surface area (Å²) in [5, 5.41) is 0.932. The lowest BCUT2D eigenvalue weighted by Crippen LogP contribution is -2.59. The molecule has 1 fully saturated rings. The van der Waals surface area contributed by atoms with Gasteiger partial charge >= 0.3 is 12.4 Å². The molecule has 6 rings (SSSR count). The molecule has 218 valence electrons. The van der Waals surface area contributed by atoms with Gasteiger partial charge in [-0.15, -0.1) is 0 Å². The van der Waals surface area contributed by atoms with E-state index in [0.717, 1.165) is 27.6 Å². The zero-order valence-corrected chi connectivity index (χ0v) is 22.1. The molecule has 42 heavy (non-hydrogen) atoms. The average molecular weight is 586 g/mol. The molecule has 0 saturated carbocycles. The Morgan fingerprint density at radius 2 is 1.64 bits per heavy atom. The summed E-state index contributed by atoms with van der Waals surface area (Å²) in [6.45, 7) is 0.497. The van der Waals surface area contributed by atoms with E-state index in [1.807, 2.05) is 36.7 Å². The number of hydrogen-bond donors (Lipinski definition) is 1. The van der Waals surface area contributed by atoms with Crippen LogP contribution in [0.25, 0.3) is 16.5 Å². The number of aromatic amines is 1. The van der Waals surface area contributed by atoms with Crippen LogP contribution in [0, 0.1) is 0 Å². The minimum Gasteiger partial charge on any atom is -0.370 e. The molecule has 1 amide bonds. The van der Waals surface area contributed by atoms with Crippen LogP contribution in [0.1, 0.15) is 45.5 Å². The Morgan fingerprint density at radius 3 is 2.33 bits per heavy atom. The summed E-state index contributed by atoms with van der Waals surface area (Å²) in [6, 6.07) is 7.97. The number of carbonyl (C=O) groups excluding carboxylic acids is 1. The van der Waals surface area contributed by atoms with Gasteiger partial charge in [-0.3, -0.25) is 4.79 Å². The van der Waals surface area contributed by atoms with Crippen molar-refractivity contribution >= 4 is 22.4 Å². The number of H-pyrrole nitrogens is 1. The number of hydrogen-bond acceptors (Lipinski definition) is 4. The molecular formula is C30H25F6N5O. The molecule has 1 N–H and O–H groups in total. The van der Waals surface area contributed by atoms with Crippen LogP contribution in [0.3, 0.4) is 0 Å². The number of rotatable bonds is 4. The standard InChI is InChI=1S/C30H25F6N5O/c31-29(32,33)22-7-19(8-23(10-22)30(34,35)36)28(42)41-16-24-6-5-18(21-11-37-17-38-12-21)14-40(24)15-25(41)9-20-13-39-27-4-2-1-3-26(20)27/h1-4,7-8,10-14,17,24-25,39H,5-6,9,15-16H2. The molecule has 2 aromatic carbocycles.